The zero-order valence-corrected chi connectivity index (χ0v) is 33.7. The van der Waals surface area contributed by atoms with E-state index in [1.54, 1.807) is 0 Å². The first-order valence-corrected chi connectivity index (χ1v) is 20.8. The summed E-state index contributed by atoms with van der Waals surface area (Å²) in [5, 5.41) is 0. The van der Waals surface area contributed by atoms with Crippen LogP contribution in [0.25, 0.3) is 33.4 Å². The van der Waals surface area contributed by atoms with Crippen molar-refractivity contribution in [2.45, 2.75) is 24.7 Å². The Labute approximate surface area is 352 Å². The van der Waals surface area contributed by atoms with Crippen LogP contribution in [0.4, 0.5) is 17.1 Å². The molecule has 0 radical (unpaired) electrons. The maximum absolute atomic E-state index is 6.58. The van der Waals surface area contributed by atoms with Gasteiger partial charge in [0.1, 0.15) is 11.5 Å². The summed E-state index contributed by atoms with van der Waals surface area (Å²) in [4.78, 5) is 2.43. The van der Waals surface area contributed by atoms with E-state index in [4.69, 9.17) is 4.74 Å². The number of hydrogen-bond acceptors (Lipinski definition) is 2. The van der Waals surface area contributed by atoms with Gasteiger partial charge in [0.15, 0.2) is 0 Å². The number of anilines is 3. The van der Waals surface area contributed by atoms with E-state index in [-0.39, 0.29) is 5.41 Å². The van der Waals surface area contributed by atoms with Gasteiger partial charge in [-0.2, -0.15) is 0 Å². The number of rotatable bonds is 7. The topological polar surface area (TPSA) is 12.5 Å². The molecule has 0 bridgehead atoms. The molecule has 1 aliphatic heterocycles. The van der Waals surface area contributed by atoms with Gasteiger partial charge in [-0.3, -0.25) is 0 Å². The number of nitrogens with zero attached hydrogens (tertiary/aromatic N) is 1. The molecule has 11 rings (SSSR count). The van der Waals surface area contributed by atoms with Gasteiger partial charge in [-0.1, -0.05) is 190 Å². The van der Waals surface area contributed by atoms with Crippen LogP contribution in [0.1, 0.15) is 47.2 Å². The third-order valence-corrected chi connectivity index (χ3v) is 12.8. The molecule has 60 heavy (non-hydrogen) atoms. The van der Waals surface area contributed by atoms with E-state index in [1.807, 2.05) is 0 Å². The van der Waals surface area contributed by atoms with Crippen molar-refractivity contribution in [3.63, 3.8) is 0 Å². The Balaban J connectivity index is 1.06. The lowest BCUT2D eigenvalue weighted by molar-refractivity contribution is 0.434. The highest BCUT2D eigenvalue weighted by Gasteiger charge is 2.45. The van der Waals surface area contributed by atoms with Crippen LogP contribution >= 0.6 is 0 Å². The van der Waals surface area contributed by atoms with Gasteiger partial charge in [-0.25, -0.2) is 0 Å². The number of ether oxygens (including phenoxy) is 1. The molecule has 0 spiro atoms. The highest BCUT2D eigenvalue weighted by molar-refractivity contribution is 5.91. The summed E-state index contributed by atoms with van der Waals surface area (Å²) in [7, 11) is 0. The SMILES string of the molecule is CC1(C)c2ccccc2-c2ccc(N(c3ccc(-c4cccc(C5(c6ccccc6)c6ccccc6Oc6ccccc65)c4)cc3)c3ccccc3-c3ccccc3)cc21. The van der Waals surface area contributed by atoms with Gasteiger partial charge >= 0.3 is 0 Å². The van der Waals surface area contributed by atoms with Crippen LogP contribution in [0.5, 0.6) is 11.5 Å². The van der Waals surface area contributed by atoms with E-state index in [0.29, 0.717) is 0 Å². The summed E-state index contributed by atoms with van der Waals surface area (Å²) in [6.07, 6.45) is 0. The van der Waals surface area contributed by atoms with E-state index < -0.39 is 5.41 Å². The molecule has 0 aromatic heterocycles. The van der Waals surface area contributed by atoms with Crippen molar-refractivity contribution in [2.24, 2.45) is 0 Å². The van der Waals surface area contributed by atoms with Crippen molar-refractivity contribution < 1.29 is 4.74 Å². The normalized spacial score (nSPS) is 13.9. The van der Waals surface area contributed by atoms with Gasteiger partial charge in [0.25, 0.3) is 0 Å². The van der Waals surface area contributed by atoms with Gasteiger partial charge in [0.2, 0.25) is 0 Å². The van der Waals surface area contributed by atoms with E-state index in [0.717, 1.165) is 50.8 Å². The lowest BCUT2D eigenvalue weighted by Gasteiger charge is -2.41. The monoisotopic (exact) mass is 769 g/mol. The second kappa shape index (κ2) is 14.1. The van der Waals surface area contributed by atoms with Gasteiger partial charge in [0, 0.05) is 33.5 Å². The zero-order chi connectivity index (χ0) is 40.3. The van der Waals surface area contributed by atoms with Crippen molar-refractivity contribution in [3.05, 3.63) is 258 Å². The van der Waals surface area contributed by atoms with Crippen LogP contribution in [0.15, 0.2) is 224 Å². The van der Waals surface area contributed by atoms with Crippen LogP contribution in [-0.4, -0.2) is 0 Å². The van der Waals surface area contributed by atoms with Crippen molar-refractivity contribution in [1.82, 2.24) is 0 Å². The minimum absolute atomic E-state index is 0.121. The fourth-order valence-electron chi connectivity index (χ4n) is 10.00. The predicted molar refractivity (Wildman–Crippen MR) is 248 cm³/mol. The van der Waals surface area contributed by atoms with Crippen LogP contribution in [0.3, 0.4) is 0 Å². The molecule has 2 nitrogen and oxygen atoms in total. The summed E-state index contributed by atoms with van der Waals surface area (Å²) in [5.74, 6) is 1.76. The molecular formula is C58H43NO. The molecule has 9 aromatic carbocycles. The number of para-hydroxylation sites is 3. The second-order valence-corrected chi connectivity index (χ2v) is 16.5. The van der Waals surface area contributed by atoms with Crippen LogP contribution in [0, 0.1) is 0 Å². The molecule has 2 aliphatic rings. The van der Waals surface area contributed by atoms with Crippen molar-refractivity contribution in [1.29, 1.82) is 0 Å². The van der Waals surface area contributed by atoms with Crippen molar-refractivity contribution in [3.8, 4) is 44.9 Å². The van der Waals surface area contributed by atoms with Crippen LogP contribution < -0.4 is 9.64 Å². The predicted octanol–water partition coefficient (Wildman–Crippen LogP) is 15.3. The lowest BCUT2D eigenvalue weighted by Crippen LogP contribution is -2.34. The van der Waals surface area contributed by atoms with Crippen LogP contribution in [0.2, 0.25) is 0 Å². The quantitative estimate of drug-likeness (QED) is 0.160. The molecular weight excluding hydrogens is 727 g/mol. The summed E-state index contributed by atoms with van der Waals surface area (Å²) < 4.78 is 6.58. The third kappa shape index (κ3) is 5.56. The average Bonchev–Trinajstić information content (AvgIpc) is 3.54. The smallest absolute Gasteiger partial charge is 0.132 e. The third-order valence-electron chi connectivity index (χ3n) is 12.8. The molecule has 1 heterocycles. The molecule has 0 N–H and O–H groups in total. The Morgan fingerprint density at radius 1 is 0.350 bits per heavy atom. The maximum Gasteiger partial charge on any atom is 0.132 e. The highest BCUT2D eigenvalue weighted by Crippen LogP contribution is 2.56. The van der Waals surface area contributed by atoms with Crippen molar-refractivity contribution in [2.75, 3.05) is 4.90 Å². The van der Waals surface area contributed by atoms with Gasteiger partial charge in [-0.05, 0) is 98.6 Å². The van der Waals surface area contributed by atoms with Gasteiger partial charge < -0.3 is 9.64 Å². The Hall–Kier alpha value is -7.42. The van der Waals surface area contributed by atoms with E-state index >= 15 is 0 Å². The number of benzene rings is 9. The fourth-order valence-corrected chi connectivity index (χ4v) is 10.00. The maximum atomic E-state index is 6.58. The Bertz CT molecular complexity index is 2990. The summed E-state index contributed by atoms with van der Waals surface area (Å²) in [5.41, 5.74) is 17.4. The van der Waals surface area contributed by atoms with E-state index in [9.17, 15) is 0 Å². The zero-order valence-electron chi connectivity index (χ0n) is 33.7. The Morgan fingerprint density at radius 2 is 0.883 bits per heavy atom. The number of hydrogen-bond donors (Lipinski definition) is 0. The molecule has 286 valence electrons. The molecule has 0 saturated carbocycles. The average molecular weight is 770 g/mol. The lowest BCUT2D eigenvalue weighted by atomic mass is 9.63. The molecule has 0 fully saturated rings. The summed E-state index contributed by atoms with van der Waals surface area (Å²) in [6.45, 7) is 4.71. The van der Waals surface area contributed by atoms with Gasteiger partial charge in [0.05, 0.1) is 11.1 Å². The molecule has 0 saturated heterocycles. The number of fused-ring (bicyclic) bond motifs is 5. The molecule has 2 heteroatoms. The second-order valence-electron chi connectivity index (χ2n) is 16.5. The summed E-state index contributed by atoms with van der Waals surface area (Å²) >= 11 is 0. The Kier molecular flexibility index (Phi) is 8.42. The minimum Gasteiger partial charge on any atom is -0.457 e. The minimum atomic E-state index is -0.582. The summed E-state index contributed by atoms with van der Waals surface area (Å²) in [6, 6.07) is 81.5. The molecule has 0 atom stereocenters. The first kappa shape index (κ1) is 35.7. The first-order chi connectivity index (χ1) is 29.5. The molecule has 1 aliphatic carbocycles. The molecule has 0 unspecified atom stereocenters. The largest absolute Gasteiger partial charge is 0.457 e. The fraction of sp³-hybridized carbons (Fsp3) is 0.0690. The van der Waals surface area contributed by atoms with E-state index in [1.165, 1.54) is 44.5 Å². The molecule has 0 amide bonds. The standard InChI is InChI=1S/C58H43NO/c1-57(2)50-26-11-9-25-48(50)49-37-36-46(39-53(49)57)59(54-29-14-10-24-47(54)41-18-5-3-6-19-41)45-34-32-40(33-35-45)42-20-17-23-44(38-42)58(43-21-7-4-8-22-43)51-27-12-15-30-55(51)60-56-31-16-13-28-52(56)58/h3-39H,1-2H3. The van der Waals surface area contributed by atoms with Crippen molar-refractivity contribution >= 4 is 17.1 Å². The van der Waals surface area contributed by atoms with E-state index in [2.05, 4.69) is 243 Å². The van der Waals surface area contributed by atoms with Gasteiger partial charge in [-0.15, -0.1) is 0 Å². The van der Waals surface area contributed by atoms with Crippen LogP contribution in [-0.2, 0) is 10.8 Å². The molecule has 9 aromatic rings. The first-order valence-electron chi connectivity index (χ1n) is 20.8. The highest BCUT2D eigenvalue weighted by atomic mass is 16.5. The Morgan fingerprint density at radius 3 is 1.60 bits per heavy atom.